The molecule has 4 N–H and O–H groups in total. The van der Waals surface area contributed by atoms with Crippen LogP contribution in [0.2, 0.25) is 0 Å². The van der Waals surface area contributed by atoms with Crippen LogP contribution >= 0.6 is 12.2 Å². The first-order valence-corrected chi connectivity index (χ1v) is 6.59. The number of amides is 2. The van der Waals surface area contributed by atoms with Crippen molar-refractivity contribution in [2.24, 2.45) is 11.1 Å². The van der Waals surface area contributed by atoms with Gasteiger partial charge in [0.25, 0.3) is 5.91 Å². The van der Waals surface area contributed by atoms with E-state index in [-0.39, 0.29) is 23.3 Å². The van der Waals surface area contributed by atoms with E-state index in [1.807, 2.05) is 0 Å². The SMILES string of the molecule is CNC(=O)C(C)(C)CNC(=O)c1cccc(C(N)=S)c1. The lowest BCUT2D eigenvalue weighted by Gasteiger charge is -2.22. The van der Waals surface area contributed by atoms with Crippen LogP contribution in [0.25, 0.3) is 0 Å². The Kier molecular flexibility index (Phi) is 5.21. The molecule has 0 saturated heterocycles. The van der Waals surface area contributed by atoms with E-state index < -0.39 is 5.41 Å². The van der Waals surface area contributed by atoms with Crippen molar-refractivity contribution in [3.8, 4) is 0 Å². The van der Waals surface area contributed by atoms with Gasteiger partial charge in [0.1, 0.15) is 4.99 Å². The van der Waals surface area contributed by atoms with E-state index in [4.69, 9.17) is 18.0 Å². The maximum Gasteiger partial charge on any atom is 0.251 e. The van der Waals surface area contributed by atoms with Gasteiger partial charge < -0.3 is 16.4 Å². The number of thiocarbonyl (C=S) groups is 1. The zero-order valence-electron chi connectivity index (χ0n) is 11.8. The van der Waals surface area contributed by atoms with Crippen LogP contribution in [0.3, 0.4) is 0 Å². The smallest absolute Gasteiger partial charge is 0.251 e. The van der Waals surface area contributed by atoms with Crippen LogP contribution in [0.1, 0.15) is 29.8 Å². The number of benzene rings is 1. The summed E-state index contributed by atoms with van der Waals surface area (Å²) >= 11 is 4.88. The summed E-state index contributed by atoms with van der Waals surface area (Å²) in [5.74, 6) is -0.394. The van der Waals surface area contributed by atoms with Gasteiger partial charge in [0.2, 0.25) is 5.91 Å². The molecule has 0 aliphatic carbocycles. The molecule has 0 radical (unpaired) electrons. The summed E-state index contributed by atoms with van der Waals surface area (Å²) in [4.78, 5) is 23.9. The van der Waals surface area contributed by atoms with Crippen LogP contribution in [0.5, 0.6) is 0 Å². The van der Waals surface area contributed by atoms with E-state index in [2.05, 4.69) is 10.6 Å². The van der Waals surface area contributed by atoms with E-state index in [0.717, 1.165) is 0 Å². The first-order valence-electron chi connectivity index (χ1n) is 6.18. The lowest BCUT2D eigenvalue weighted by atomic mass is 9.92. The minimum Gasteiger partial charge on any atom is -0.389 e. The van der Waals surface area contributed by atoms with Crippen molar-refractivity contribution < 1.29 is 9.59 Å². The molecule has 0 bridgehead atoms. The number of hydrogen-bond donors (Lipinski definition) is 3. The van der Waals surface area contributed by atoms with E-state index in [9.17, 15) is 9.59 Å². The van der Waals surface area contributed by atoms with Crippen LogP contribution in [0.4, 0.5) is 0 Å². The Morgan fingerprint density at radius 3 is 2.45 bits per heavy atom. The molecule has 0 heterocycles. The first kappa shape index (κ1) is 16.1. The van der Waals surface area contributed by atoms with E-state index >= 15 is 0 Å². The molecule has 2 amide bonds. The highest BCUT2D eigenvalue weighted by Gasteiger charge is 2.27. The second-order valence-corrected chi connectivity index (χ2v) is 5.53. The molecule has 1 aromatic carbocycles. The number of carbonyl (C=O) groups is 2. The predicted octanol–water partition coefficient (Wildman–Crippen LogP) is 0.823. The average Bonchev–Trinajstić information content (AvgIpc) is 2.43. The van der Waals surface area contributed by atoms with Crippen molar-refractivity contribution in [3.63, 3.8) is 0 Å². The predicted molar refractivity (Wildman–Crippen MR) is 82.5 cm³/mol. The van der Waals surface area contributed by atoms with Crippen molar-refractivity contribution in [1.82, 2.24) is 10.6 Å². The highest BCUT2D eigenvalue weighted by atomic mass is 32.1. The number of hydrogen-bond acceptors (Lipinski definition) is 3. The van der Waals surface area contributed by atoms with Gasteiger partial charge in [0.15, 0.2) is 0 Å². The van der Waals surface area contributed by atoms with E-state index in [1.165, 1.54) is 0 Å². The van der Waals surface area contributed by atoms with Gasteiger partial charge in [-0.25, -0.2) is 0 Å². The Hall–Kier alpha value is -1.95. The summed E-state index contributed by atoms with van der Waals surface area (Å²) in [6.07, 6.45) is 0. The Bertz CT molecular complexity index is 541. The zero-order valence-corrected chi connectivity index (χ0v) is 12.6. The van der Waals surface area contributed by atoms with Crippen LogP contribution in [0, 0.1) is 5.41 Å². The molecule has 0 fully saturated rings. The van der Waals surface area contributed by atoms with E-state index in [0.29, 0.717) is 11.1 Å². The molecule has 0 atom stereocenters. The summed E-state index contributed by atoms with van der Waals surface area (Å²) in [6.45, 7) is 3.76. The van der Waals surface area contributed by atoms with Crippen molar-refractivity contribution in [1.29, 1.82) is 0 Å². The van der Waals surface area contributed by atoms with Gasteiger partial charge in [-0.1, -0.05) is 24.4 Å². The number of rotatable bonds is 5. The Morgan fingerprint density at radius 2 is 1.90 bits per heavy atom. The van der Waals surface area contributed by atoms with E-state index in [1.54, 1.807) is 45.2 Å². The van der Waals surface area contributed by atoms with Gasteiger partial charge in [-0.05, 0) is 26.0 Å². The maximum atomic E-state index is 12.1. The van der Waals surface area contributed by atoms with Gasteiger partial charge in [0.05, 0.1) is 5.41 Å². The average molecular weight is 293 g/mol. The molecule has 108 valence electrons. The summed E-state index contributed by atoms with van der Waals surface area (Å²) in [5.41, 5.74) is 5.95. The van der Waals surface area contributed by atoms with Crippen LogP contribution in [-0.4, -0.2) is 30.4 Å². The third-order valence-corrected chi connectivity index (χ3v) is 3.18. The lowest BCUT2D eigenvalue weighted by Crippen LogP contribution is -2.43. The molecular weight excluding hydrogens is 274 g/mol. The fourth-order valence-electron chi connectivity index (χ4n) is 1.64. The molecule has 6 heteroatoms. The fraction of sp³-hybridized carbons (Fsp3) is 0.357. The first-order chi connectivity index (χ1) is 9.27. The largest absolute Gasteiger partial charge is 0.389 e. The summed E-state index contributed by atoms with van der Waals surface area (Å²) < 4.78 is 0. The molecule has 1 rings (SSSR count). The maximum absolute atomic E-state index is 12.1. The third kappa shape index (κ3) is 4.03. The van der Waals surface area contributed by atoms with Gasteiger partial charge in [-0.3, -0.25) is 9.59 Å². The van der Waals surface area contributed by atoms with Gasteiger partial charge in [-0.2, -0.15) is 0 Å². The minimum atomic E-state index is -0.675. The van der Waals surface area contributed by atoms with Crippen molar-refractivity contribution >= 4 is 29.0 Å². The van der Waals surface area contributed by atoms with Gasteiger partial charge in [-0.15, -0.1) is 0 Å². The summed E-state index contributed by atoms with van der Waals surface area (Å²) in [5, 5.41) is 5.31. The van der Waals surface area contributed by atoms with Crippen LogP contribution < -0.4 is 16.4 Å². The number of carbonyl (C=O) groups excluding carboxylic acids is 2. The van der Waals surface area contributed by atoms with Crippen LogP contribution in [0.15, 0.2) is 24.3 Å². The standard InChI is InChI=1S/C14H19N3O2S/c1-14(2,13(19)16-3)8-17-12(18)10-6-4-5-9(7-10)11(15)20/h4-7H,8H2,1-3H3,(H2,15,20)(H,16,19)(H,17,18). The zero-order chi connectivity index (χ0) is 15.3. The monoisotopic (exact) mass is 293 g/mol. The Morgan fingerprint density at radius 1 is 1.30 bits per heavy atom. The molecule has 20 heavy (non-hydrogen) atoms. The molecule has 0 unspecified atom stereocenters. The second kappa shape index (κ2) is 6.47. The highest BCUT2D eigenvalue weighted by molar-refractivity contribution is 7.80. The van der Waals surface area contributed by atoms with Crippen molar-refractivity contribution in [3.05, 3.63) is 35.4 Å². The number of nitrogens with one attached hydrogen (secondary N) is 2. The second-order valence-electron chi connectivity index (χ2n) is 5.09. The van der Waals surface area contributed by atoms with Crippen molar-refractivity contribution in [2.75, 3.05) is 13.6 Å². The lowest BCUT2D eigenvalue weighted by molar-refractivity contribution is -0.128. The molecule has 0 saturated carbocycles. The molecule has 0 spiro atoms. The topological polar surface area (TPSA) is 84.2 Å². The quantitative estimate of drug-likeness (QED) is 0.702. The Balaban J connectivity index is 2.75. The van der Waals surface area contributed by atoms with Gasteiger partial charge >= 0.3 is 0 Å². The minimum absolute atomic E-state index is 0.130. The summed E-state index contributed by atoms with van der Waals surface area (Å²) in [7, 11) is 1.57. The van der Waals surface area contributed by atoms with Crippen LogP contribution in [-0.2, 0) is 4.79 Å². The highest BCUT2D eigenvalue weighted by Crippen LogP contribution is 2.14. The normalized spacial score (nSPS) is 10.8. The van der Waals surface area contributed by atoms with Crippen molar-refractivity contribution in [2.45, 2.75) is 13.8 Å². The Labute approximate surface area is 123 Å². The molecule has 1 aromatic rings. The molecular formula is C14H19N3O2S. The molecule has 0 aliphatic heterocycles. The van der Waals surface area contributed by atoms with Gasteiger partial charge in [0, 0.05) is 24.7 Å². The third-order valence-electron chi connectivity index (χ3n) is 2.94. The number of nitrogens with two attached hydrogens (primary N) is 1. The molecule has 0 aromatic heterocycles. The molecule has 5 nitrogen and oxygen atoms in total. The summed E-state index contributed by atoms with van der Waals surface area (Å²) in [6, 6.07) is 6.76. The fourth-order valence-corrected chi connectivity index (χ4v) is 1.76. The molecule has 0 aliphatic rings.